The molecule has 1 atom stereocenters. The third-order valence-corrected chi connectivity index (χ3v) is 4.51. The van der Waals surface area contributed by atoms with Gasteiger partial charge >= 0.3 is 20.8 Å². The van der Waals surface area contributed by atoms with Gasteiger partial charge in [0, 0.05) is 12.1 Å². The van der Waals surface area contributed by atoms with Gasteiger partial charge in [-0.1, -0.05) is 12.1 Å². The largest absolute Gasteiger partial charge is 0.507 e. The Balaban J connectivity index is 1.88. The molecule has 0 spiro atoms. The Morgan fingerprint density at radius 3 is 2.07 bits per heavy atom. The summed E-state index contributed by atoms with van der Waals surface area (Å²) in [5, 5.41) is 10.1. The highest BCUT2D eigenvalue weighted by Gasteiger charge is 2.33. The molecule has 1 unspecified atom stereocenters. The van der Waals surface area contributed by atoms with Gasteiger partial charge in [-0.3, -0.25) is 13.9 Å². The van der Waals surface area contributed by atoms with Gasteiger partial charge in [-0.15, -0.1) is 0 Å². The van der Waals surface area contributed by atoms with Crippen molar-refractivity contribution in [3.8, 4) is 23.0 Å². The molecule has 0 aromatic heterocycles. The van der Waals surface area contributed by atoms with Gasteiger partial charge in [0.1, 0.15) is 29.4 Å². The minimum Gasteiger partial charge on any atom is -0.507 e. The van der Waals surface area contributed by atoms with Gasteiger partial charge in [-0.05, 0) is 17.7 Å². The van der Waals surface area contributed by atoms with Crippen molar-refractivity contribution in [2.75, 3.05) is 6.61 Å². The van der Waals surface area contributed by atoms with Crippen LogP contribution in [0.1, 0.15) is 21.8 Å². The number of carbonyl (C=O) groups excluding carboxylic acids is 1. The van der Waals surface area contributed by atoms with Crippen LogP contribution in [0.3, 0.4) is 0 Å². The van der Waals surface area contributed by atoms with Crippen LogP contribution in [-0.4, -0.2) is 43.4 Å². The monoisotopic (exact) mass is 432 g/mol. The maximum Gasteiger partial charge on any atom is 0.446 e. The molecule has 0 aliphatic carbocycles. The molecule has 3 rings (SSSR count). The Bertz CT molecular complexity index is 1140. The third kappa shape index (κ3) is 4.51. The van der Waals surface area contributed by atoms with Crippen molar-refractivity contribution in [1.29, 1.82) is 0 Å². The molecule has 0 saturated carbocycles. The lowest BCUT2D eigenvalue weighted by molar-refractivity contribution is 0.0892. The average molecular weight is 432 g/mol. The molecular formula is C15H12O11S2. The van der Waals surface area contributed by atoms with Crippen molar-refractivity contribution in [3.05, 3.63) is 47.5 Å². The fourth-order valence-corrected chi connectivity index (χ4v) is 3.35. The molecule has 28 heavy (non-hydrogen) atoms. The molecule has 150 valence electrons. The van der Waals surface area contributed by atoms with Crippen LogP contribution < -0.4 is 13.1 Å². The minimum absolute atomic E-state index is 0.133. The second kappa shape index (κ2) is 6.94. The fourth-order valence-electron chi connectivity index (χ4n) is 2.66. The molecule has 0 fully saturated rings. The Labute approximate surface area is 159 Å². The van der Waals surface area contributed by atoms with Gasteiger partial charge in [0.25, 0.3) is 0 Å². The van der Waals surface area contributed by atoms with Crippen molar-refractivity contribution >= 4 is 26.6 Å². The van der Waals surface area contributed by atoms with Crippen LogP contribution in [0.4, 0.5) is 0 Å². The van der Waals surface area contributed by atoms with Crippen LogP contribution in [0, 0.1) is 0 Å². The SMILES string of the molecule is O=C1c2c(O)cc(OS(=O)(=O)O)cc2OCC1c1ccc(OS(=O)(=O)O)cc1. The van der Waals surface area contributed by atoms with Crippen LogP contribution in [0.5, 0.6) is 23.0 Å². The van der Waals surface area contributed by atoms with Crippen LogP contribution >= 0.6 is 0 Å². The zero-order valence-corrected chi connectivity index (χ0v) is 15.3. The first-order valence-corrected chi connectivity index (χ1v) is 10.1. The lowest BCUT2D eigenvalue weighted by atomic mass is 9.88. The third-order valence-electron chi connectivity index (χ3n) is 3.71. The molecule has 0 bridgehead atoms. The number of ether oxygens (including phenoxy) is 1. The molecule has 2 aromatic rings. The van der Waals surface area contributed by atoms with Gasteiger partial charge in [0.2, 0.25) is 0 Å². The van der Waals surface area contributed by atoms with Crippen LogP contribution in [0.2, 0.25) is 0 Å². The minimum atomic E-state index is -4.83. The van der Waals surface area contributed by atoms with Crippen molar-refractivity contribution in [2.24, 2.45) is 0 Å². The lowest BCUT2D eigenvalue weighted by Gasteiger charge is -2.25. The number of carbonyl (C=O) groups is 1. The van der Waals surface area contributed by atoms with Crippen LogP contribution in [0.15, 0.2) is 36.4 Å². The molecular weight excluding hydrogens is 420 g/mol. The summed E-state index contributed by atoms with van der Waals surface area (Å²) in [6.07, 6.45) is 0. The Morgan fingerprint density at radius 1 is 0.929 bits per heavy atom. The first-order chi connectivity index (χ1) is 12.9. The number of ketones is 1. The summed E-state index contributed by atoms with van der Waals surface area (Å²) in [4.78, 5) is 12.7. The molecule has 3 N–H and O–H groups in total. The van der Waals surface area contributed by atoms with Crippen molar-refractivity contribution < 1.29 is 48.9 Å². The van der Waals surface area contributed by atoms with E-state index < -0.39 is 44.0 Å². The van der Waals surface area contributed by atoms with Crippen molar-refractivity contribution in [1.82, 2.24) is 0 Å². The number of Topliss-reactive ketones (excluding diaryl/α,β-unsaturated/α-hetero) is 1. The molecule has 0 amide bonds. The van der Waals surface area contributed by atoms with Crippen LogP contribution in [0.25, 0.3) is 0 Å². The summed E-state index contributed by atoms with van der Waals surface area (Å²) >= 11 is 0. The zero-order valence-electron chi connectivity index (χ0n) is 13.7. The van der Waals surface area contributed by atoms with Gasteiger partial charge in [0.05, 0.1) is 5.92 Å². The number of aromatic hydroxyl groups is 1. The lowest BCUT2D eigenvalue weighted by Crippen LogP contribution is -2.26. The molecule has 2 aromatic carbocycles. The predicted molar refractivity (Wildman–Crippen MR) is 91.5 cm³/mol. The molecule has 1 heterocycles. The maximum atomic E-state index is 12.7. The van der Waals surface area contributed by atoms with E-state index >= 15 is 0 Å². The summed E-state index contributed by atoms with van der Waals surface area (Å²) in [6, 6.07) is 7.05. The number of rotatable bonds is 5. The molecule has 13 heteroatoms. The second-order valence-electron chi connectivity index (χ2n) is 5.63. The van der Waals surface area contributed by atoms with E-state index in [1.54, 1.807) is 0 Å². The smallest absolute Gasteiger partial charge is 0.446 e. The Kier molecular flexibility index (Phi) is 4.93. The predicted octanol–water partition coefficient (Wildman–Crippen LogP) is 1.11. The molecule has 0 radical (unpaired) electrons. The summed E-state index contributed by atoms with van der Waals surface area (Å²) in [5.74, 6) is -2.77. The van der Waals surface area contributed by atoms with Crippen molar-refractivity contribution in [3.63, 3.8) is 0 Å². The van der Waals surface area contributed by atoms with Gasteiger partial charge in [-0.25, -0.2) is 0 Å². The second-order valence-corrected chi connectivity index (χ2v) is 7.68. The summed E-state index contributed by atoms with van der Waals surface area (Å²) in [6.45, 7) is -0.168. The van der Waals surface area contributed by atoms with E-state index in [4.69, 9.17) is 13.8 Å². The molecule has 1 aliphatic rings. The van der Waals surface area contributed by atoms with E-state index in [0.29, 0.717) is 5.56 Å². The van der Waals surface area contributed by atoms with E-state index in [0.717, 1.165) is 12.1 Å². The van der Waals surface area contributed by atoms with E-state index in [1.165, 1.54) is 24.3 Å². The number of hydrogen-bond acceptors (Lipinski definition) is 9. The Hall–Kier alpha value is -2.87. The zero-order chi connectivity index (χ0) is 20.7. The summed E-state index contributed by atoms with van der Waals surface area (Å²) in [5.41, 5.74) is 0.202. The number of benzene rings is 2. The standard InChI is InChI=1S/C15H12O11S2/c16-12-5-10(26-28(21,22)23)6-13-14(12)15(17)11(7-24-13)8-1-3-9(4-2-8)25-27(18,19)20/h1-6,11,16H,7H2,(H,18,19,20)(H,21,22,23). The van der Waals surface area contributed by atoms with Gasteiger partial charge < -0.3 is 18.2 Å². The van der Waals surface area contributed by atoms with E-state index in [-0.39, 0.29) is 23.7 Å². The first kappa shape index (κ1) is 19.9. The number of hydrogen-bond donors (Lipinski definition) is 3. The number of phenolic OH excluding ortho intramolecular Hbond substituents is 1. The van der Waals surface area contributed by atoms with E-state index in [1.807, 2.05) is 0 Å². The summed E-state index contributed by atoms with van der Waals surface area (Å²) < 4.78 is 74.2. The molecule has 1 aliphatic heterocycles. The maximum absolute atomic E-state index is 12.7. The van der Waals surface area contributed by atoms with Crippen molar-refractivity contribution in [2.45, 2.75) is 5.92 Å². The first-order valence-electron chi connectivity index (χ1n) is 7.41. The fraction of sp³-hybridized carbons (Fsp3) is 0.133. The average Bonchev–Trinajstić information content (AvgIpc) is 2.52. The quantitative estimate of drug-likeness (QED) is 0.577. The van der Waals surface area contributed by atoms with Gasteiger partial charge in [-0.2, -0.15) is 16.8 Å². The van der Waals surface area contributed by atoms with E-state index in [9.17, 15) is 26.7 Å². The molecule has 0 saturated heterocycles. The highest BCUT2D eigenvalue weighted by atomic mass is 32.3. The highest BCUT2D eigenvalue weighted by Crippen LogP contribution is 2.41. The van der Waals surface area contributed by atoms with E-state index in [2.05, 4.69) is 8.37 Å². The Morgan fingerprint density at radius 2 is 1.50 bits per heavy atom. The topological polar surface area (TPSA) is 174 Å². The van der Waals surface area contributed by atoms with Crippen LogP contribution in [-0.2, 0) is 20.8 Å². The normalized spacial score (nSPS) is 16.8. The number of fused-ring (bicyclic) bond motifs is 1. The summed E-state index contributed by atoms with van der Waals surface area (Å²) in [7, 11) is -9.51. The molecule has 11 nitrogen and oxygen atoms in total. The number of phenols is 1. The van der Waals surface area contributed by atoms with Gasteiger partial charge in [0.15, 0.2) is 11.5 Å². The highest BCUT2D eigenvalue weighted by molar-refractivity contribution is 7.81.